The summed E-state index contributed by atoms with van der Waals surface area (Å²) in [5.41, 5.74) is 3.90. The minimum absolute atomic E-state index is 0.0189. The highest BCUT2D eigenvalue weighted by molar-refractivity contribution is 5.81. The summed E-state index contributed by atoms with van der Waals surface area (Å²) in [5, 5.41) is 0. The number of ketones is 1. The lowest BCUT2D eigenvalue weighted by atomic mass is 9.87. The van der Waals surface area contributed by atoms with Crippen LogP contribution < -0.4 is 4.84 Å². The summed E-state index contributed by atoms with van der Waals surface area (Å²) in [6, 6.07) is 16.1. The number of Topliss-reactive ketones (excluding diaryl/α,β-unsaturated/α-hetero) is 1. The van der Waals surface area contributed by atoms with Gasteiger partial charge in [-0.25, -0.2) is 4.98 Å². The molecule has 0 fully saturated rings. The summed E-state index contributed by atoms with van der Waals surface area (Å²) < 4.78 is 1.68. The Labute approximate surface area is 142 Å². The molecule has 3 aromatic rings. The number of imidazole rings is 1. The Morgan fingerprint density at radius 3 is 2.46 bits per heavy atom. The van der Waals surface area contributed by atoms with Gasteiger partial charge >= 0.3 is 0 Å². The van der Waals surface area contributed by atoms with Crippen molar-refractivity contribution < 1.29 is 9.63 Å². The van der Waals surface area contributed by atoms with Gasteiger partial charge in [-0.1, -0.05) is 57.2 Å². The maximum Gasteiger partial charge on any atom is 0.176 e. The van der Waals surface area contributed by atoms with Gasteiger partial charge in [-0.05, 0) is 30.0 Å². The molecule has 0 aliphatic carbocycles. The lowest BCUT2D eigenvalue weighted by Crippen LogP contribution is -2.19. The molecule has 0 amide bonds. The minimum atomic E-state index is -0.0252. The first kappa shape index (κ1) is 16.2. The highest BCUT2D eigenvalue weighted by atomic mass is 16.7. The fraction of sp³-hybridized carbons (Fsp3) is 0.300. The molecular weight excluding hydrogens is 300 g/mol. The molecule has 0 N–H and O–H groups in total. The summed E-state index contributed by atoms with van der Waals surface area (Å²) in [6.45, 7) is 8.04. The molecule has 2 aromatic carbocycles. The molecule has 3 rings (SSSR count). The van der Waals surface area contributed by atoms with E-state index < -0.39 is 0 Å². The van der Waals surface area contributed by atoms with Gasteiger partial charge in [0, 0.05) is 5.56 Å². The van der Waals surface area contributed by atoms with Crippen LogP contribution in [0.25, 0.3) is 22.4 Å². The normalized spacial score (nSPS) is 11.7. The smallest absolute Gasteiger partial charge is 0.176 e. The van der Waals surface area contributed by atoms with Crippen molar-refractivity contribution in [1.82, 2.24) is 9.71 Å². The van der Waals surface area contributed by atoms with Gasteiger partial charge in [-0.2, -0.15) is 4.73 Å². The van der Waals surface area contributed by atoms with Gasteiger partial charge in [0.25, 0.3) is 0 Å². The van der Waals surface area contributed by atoms with Crippen LogP contribution in [0, 0.1) is 0 Å². The third-order valence-electron chi connectivity index (χ3n) is 3.91. The summed E-state index contributed by atoms with van der Waals surface area (Å²) >= 11 is 0. The standard InChI is InChI=1S/C20H22N2O2/c1-14(23)13-24-22-18-12-16(20(2,3)4)10-11-17(18)21-19(22)15-8-6-5-7-9-15/h5-12H,13H2,1-4H3. The number of carbonyl (C=O) groups is 1. The average molecular weight is 322 g/mol. The first-order chi connectivity index (χ1) is 11.4. The maximum absolute atomic E-state index is 11.4. The molecule has 1 heterocycles. The number of carbonyl (C=O) groups excluding carboxylic acids is 1. The summed E-state index contributed by atoms with van der Waals surface area (Å²) in [7, 11) is 0. The predicted octanol–water partition coefficient (Wildman–Crippen LogP) is 4.02. The fourth-order valence-electron chi connectivity index (χ4n) is 2.58. The Balaban J connectivity index is 2.19. The average Bonchev–Trinajstić information content (AvgIpc) is 2.90. The van der Waals surface area contributed by atoms with Crippen LogP contribution in [0.15, 0.2) is 48.5 Å². The molecule has 1 aromatic heterocycles. The van der Waals surface area contributed by atoms with Crippen molar-refractivity contribution in [2.24, 2.45) is 0 Å². The fourth-order valence-corrected chi connectivity index (χ4v) is 2.58. The number of rotatable bonds is 4. The van der Waals surface area contributed by atoms with Crippen LogP contribution in [0.2, 0.25) is 0 Å². The van der Waals surface area contributed by atoms with Crippen molar-refractivity contribution in [2.45, 2.75) is 33.1 Å². The third-order valence-corrected chi connectivity index (χ3v) is 3.91. The molecule has 0 saturated carbocycles. The molecule has 24 heavy (non-hydrogen) atoms. The zero-order valence-corrected chi connectivity index (χ0v) is 14.5. The number of benzene rings is 2. The number of hydrogen-bond donors (Lipinski definition) is 0. The van der Waals surface area contributed by atoms with Gasteiger partial charge in [0.1, 0.15) is 5.52 Å². The minimum Gasteiger partial charge on any atom is -0.404 e. The summed E-state index contributed by atoms with van der Waals surface area (Å²) in [4.78, 5) is 21.9. The molecule has 0 atom stereocenters. The Kier molecular flexibility index (Phi) is 4.14. The van der Waals surface area contributed by atoms with Crippen LogP contribution in [0.3, 0.4) is 0 Å². The van der Waals surface area contributed by atoms with Crippen molar-refractivity contribution in [1.29, 1.82) is 0 Å². The Hall–Kier alpha value is -2.62. The second-order valence-corrected chi connectivity index (χ2v) is 7.02. The largest absolute Gasteiger partial charge is 0.404 e. The quantitative estimate of drug-likeness (QED) is 0.729. The Morgan fingerprint density at radius 1 is 1.12 bits per heavy atom. The van der Waals surface area contributed by atoms with E-state index in [0.29, 0.717) is 5.82 Å². The lowest BCUT2D eigenvalue weighted by Gasteiger charge is -2.19. The van der Waals surface area contributed by atoms with Gasteiger partial charge in [-0.15, -0.1) is 0 Å². The molecule has 0 saturated heterocycles. The van der Waals surface area contributed by atoms with E-state index in [-0.39, 0.29) is 17.8 Å². The monoisotopic (exact) mass is 322 g/mol. The van der Waals surface area contributed by atoms with Crippen LogP contribution in [-0.2, 0) is 10.2 Å². The Bertz CT molecular complexity index is 874. The van der Waals surface area contributed by atoms with E-state index in [9.17, 15) is 4.79 Å². The van der Waals surface area contributed by atoms with Crippen molar-refractivity contribution in [3.05, 3.63) is 54.1 Å². The van der Waals surface area contributed by atoms with E-state index in [4.69, 9.17) is 9.82 Å². The van der Waals surface area contributed by atoms with Gasteiger partial charge < -0.3 is 4.84 Å². The van der Waals surface area contributed by atoms with Gasteiger partial charge in [-0.3, -0.25) is 4.79 Å². The van der Waals surface area contributed by atoms with E-state index in [0.717, 1.165) is 16.6 Å². The van der Waals surface area contributed by atoms with Crippen molar-refractivity contribution in [3.63, 3.8) is 0 Å². The molecule has 0 radical (unpaired) electrons. The topological polar surface area (TPSA) is 44.1 Å². The van der Waals surface area contributed by atoms with Gasteiger partial charge in [0.15, 0.2) is 18.2 Å². The zero-order valence-electron chi connectivity index (χ0n) is 14.5. The van der Waals surface area contributed by atoms with E-state index in [2.05, 4.69) is 32.9 Å². The molecule has 0 aliphatic heterocycles. The van der Waals surface area contributed by atoms with Crippen LogP contribution in [0.1, 0.15) is 33.3 Å². The third kappa shape index (κ3) is 3.18. The second kappa shape index (κ2) is 6.11. The van der Waals surface area contributed by atoms with E-state index in [1.165, 1.54) is 12.5 Å². The number of nitrogens with zero attached hydrogens (tertiary/aromatic N) is 2. The SMILES string of the molecule is CC(=O)COn1c(-c2ccccc2)nc2ccc(C(C)(C)C)cc21. The van der Waals surface area contributed by atoms with E-state index >= 15 is 0 Å². The molecule has 0 unspecified atom stereocenters. The van der Waals surface area contributed by atoms with Crippen LogP contribution in [0.5, 0.6) is 0 Å². The van der Waals surface area contributed by atoms with Crippen molar-refractivity contribution in [3.8, 4) is 11.4 Å². The summed E-state index contributed by atoms with van der Waals surface area (Å²) in [5.74, 6) is 0.681. The van der Waals surface area contributed by atoms with Crippen LogP contribution >= 0.6 is 0 Å². The van der Waals surface area contributed by atoms with Gasteiger partial charge in [0.05, 0.1) is 5.52 Å². The van der Waals surface area contributed by atoms with E-state index in [1.54, 1.807) is 4.73 Å². The molecule has 0 aliphatic rings. The molecule has 124 valence electrons. The van der Waals surface area contributed by atoms with Crippen LogP contribution in [-0.4, -0.2) is 22.1 Å². The van der Waals surface area contributed by atoms with Crippen molar-refractivity contribution in [2.75, 3.05) is 6.61 Å². The molecule has 4 heteroatoms. The highest BCUT2D eigenvalue weighted by Gasteiger charge is 2.19. The number of fused-ring (bicyclic) bond motifs is 1. The zero-order chi connectivity index (χ0) is 17.3. The first-order valence-corrected chi connectivity index (χ1v) is 8.07. The molecule has 4 nitrogen and oxygen atoms in total. The predicted molar refractivity (Wildman–Crippen MR) is 96.0 cm³/mol. The second-order valence-electron chi connectivity index (χ2n) is 7.02. The molecule has 0 spiro atoms. The van der Waals surface area contributed by atoms with Crippen LogP contribution in [0.4, 0.5) is 0 Å². The number of aromatic nitrogens is 2. The van der Waals surface area contributed by atoms with E-state index in [1.807, 2.05) is 36.4 Å². The Morgan fingerprint density at radius 2 is 1.83 bits per heavy atom. The van der Waals surface area contributed by atoms with Crippen molar-refractivity contribution >= 4 is 16.8 Å². The number of hydrogen-bond acceptors (Lipinski definition) is 3. The first-order valence-electron chi connectivity index (χ1n) is 8.07. The highest BCUT2D eigenvalue weighted by Crippen LogP contribution is 2.29. The lowest BCUT2D eigenvalue weighted by molar-refractivity contribution is -0.121. The molecular formula is C20H22N2O2. The van der Waals surface area contributed by atoms with Gasteiger partial charge in [0.2, 0.25) is 0 Å². The maximum atomic E-state index is 11.4. The molecule has 0 bridgehead atoms. The summed E-state index contributed by atoms with van der Waals surface area (Å²) in [6.07, 6.45) is 0.